The maximum absolute atomic E-state index is 13.5. The number of sulfonamides is 1. The van der Waals surface area contributed by atoms with E-state index in [0.29, 0.717) is 11.3 Å². The first-order valence-electron chi connectivity index (χ1n) is 14.6. The molecule has 0 saturated carbocycles. The topological polar surface area (TPSA) is 128 Å². The van der Waals surface area contributed by atoms with Crippen molar-refractivity contribution in [3.8, 4) is 5.75 Å². The summed E-state index contributed by atoms with van der Waals surface area (Å²) in [5, 5.41) is 15.0. The summed E-state index contributed by atoms with van der Waals surface area (Å²) in [4.78, 5) is 27.8. The van der Waals surface area contributed by atoms with Crippen molar-refractivity contribution >= 4 is 33.3 Å². The van der Waals surface area contributed by atoms with E-state index in [1.54, 1.807) is 31.2 Å². The number of fused-ring (bicyclic) bond motifs is 1. The zero-order valence-corrected chi connectivity index (χ0v) is 26.7. The van der Waals surface area contributed by atoms with E-state index in [2.05, 4.69) is 10.6 Å². The first-order valence-corrected chi connectivity index (χ1v) is 16.0. The highest BCUT2D eigenvalue weighted by atomic mass is 32.2. The van der Waals surface area contributed by atoms with Gasteiger partial charge in [0.05, 0.1) is 36.1 Å². The van der Waals surface area contributed by atoms with Crippen molar-refractivity contribution in [2.24, 2.45) is 5.92 Å². The van der Waals surface area contributed by atoms with Gasteiger partial charge in [0.2, 0.25) is 15.9 Å². The molecule has 0 aliphatic carbocycles. The van der Waals surface area contributed by atoms with Gasteiger partial charge in [-0.15, -0.1) is 0 Å². The van der Waals surface area contributed by atoms with Crippen LogP contribution in [0.25, 0.3) is 0 Å². The summed E-state index contributed by atoms with van der Waals surface area (Å²) in [6, 6.07) is 13.9. The molecule has 3 amide bonds. The van der Waals surface area contributed by atoms with Gasteiger partial charge in [-0.3, -0.25) is 4.79 Å². The number of urea groups is 1. The molecule has 14 heteroatoms. The SMILES string of the molecule is Cc1ccc(S(=O)(=O)N(C)C[C@H]2Oc3ccc(NC(=O)Nc4ccc(C(F)(F)F)cc4)cc3CC(=O)N([C@@H](C)CO)C[C@H]2C)cc1. The number of halogens is 3. The molecule has 0 bridgehead atoms. The van der Waals surface area contributed by atoms with Crippen LogP contribution in [-0.2, 0) is 27.4 Å². The normalized spacial score (nSPS) is 18.1. The summed E-state index contributed by atoms with van der Waals surface area (Å²) in [6.45, 7) is 5.27. The maximum atomic E-state index is 13.5. The molecule has 0 saturated heterocycles. The number of aliphatic hydroxyl groups excluding tert-OH is 1. The molecule has 0 spiro atoms. The van der Waals surface area contributed by atoms with Crippen molar-refractivity contribution in [3.05, 3.63) is 83.4 Å². The monoisotopic (exact) mass is 662 g/mol. The summed E-state index contributed by atoms with van der Waals surface area (Å²) >= 11 is 0. The molecule has 3 atom stereocenters. The van der Waals surface area contributed by atoms with Gasteiger partial charge in [-0.25, -0.2) is 13.2 Å². The lowest BCUT2D eigenvalue weighted by Crippen LogP contribution is -2.48. The number of aliphatic hydroxyl groups is 1. The van der Waals surface area contributed by atoms with Crippen LogP contribution in [-0.4, -0.2) is 73.6 Å². The first-order chi connectivity index (χ1) is 21.6. The zero-order chi connectivity index (χ0) is 33.8. The van der Waals surface area contributed by atoms with Crippen LogP contribution < -0.4 is 15.4 Å². The number of carbonyl (C=O) groups excluding carboxylic acids is 2. The second kappa shape index (κ2) is 14.1. The Balaban J connectivity index is 1.58. The predicted octanol–water partition coefficient (Wildman–Crippen LogP) is 5.13. The quantitative estimate of drug-likeness (QED) is 0.307. The van der Waals surface area contributed by atoms with Crippen LogP contribution in [0, 0.1) is 12.8 Å². The lowest BCUT2D eigenvalue weighted by molar-refractivity contribution is -0.137. The van der Waals surface area contributed by atoms with Gasteiger partial charge in [-0.2, -0.15) is 17.5 Å². The molecule has 3 aromatic rings. The third kappa shape index (κ3) is 8.36. The summed E-state index contributed by atoms with van der Waals surface area (Å²) in [5.41, 5.74) is 0.902. The number of anilines is 2. The summed E-state index contributed by atoms with van der Waals surface area (Å²) < 4.78 is 73.0. The van der Waals surface area contributed by atoms with E-state index in [4.69, 9.17) is 4.74 Å². The van der Waals surface area contributed by atoms with Gasteiger partial charge in [-0.1, -0.05) is 24.6 Å². The van der Waals surface area contributed by atoms with Crippen molar-refractivity contribution in [2.75, 3.05) is 37.4 Å². The van der Waals surface area contributed by atoms with Crippen molar-refractivity contribution in [1.82, 2.24) is 9.21 Å². The standard InChI is InChI=1S/C32H37F3N4O6S/c1-20-5-12-27(13-6-20)46(43,44)38(4)18-29-21(2)17-39(22(3)19-40)30(41)16-23-15-26(11-14-28(23)45-29)37-31(42)36-25-9-7-24(8-10-25)32(33,34)35/h5-15,21-22,29,40H,16-19H2,1-4H3,(H2,36,37,42)/t21-,22+,29-/m1/s1. The Morgan fingerprint density at radius 3 is 2.28 bits per heavy atom. The highest BCUT2D eigenvalue weighted by molar-refractivity contribution is 7.89. The third-order valence-corrected chi connectivity index (χ3v) is 9.65. The van der Waals surface area contributed by atoms with Gasteiger partial charge in [-0.05, 0) is 68.4 Å². The summed E-state index contributed by atoms with van der Waals surface area (Å²) in [5.74, 6) is -0.337. The molecule has 1 aliphatic heterocycles. The van der Waals surface area contributed by atoms with Crippen LogP contribution in [0.3, 0.4) is 0 Å². The fourth-order valence-electron chi connectivity index (χ4n) is 5.00. The van der Waals surface area contributed by atoms with Gasteiger partial charge in [0.1, 0.15) is 11.9 Å². The molecule has 0 unspecified atom stereocenters. The molecule has 0 fully saturated rings. The van der Waals surface area contributed by atoms with Gasteiger partial charge >= 0.3 is 12.2 Å². The van der Waals surface area contributed by atoms with E-state index >= 15 is 0 Å². The maximum Gasteiger partial charge on any atom is 0.416 e. The number of hydrogen-bond acceptors (Lipinski definition) is 6. The van der Waals surface area contributed by atoms with Crippen molar-refractivity contribution < 1.29 is 41.0 Å². The van der Waals surface area contributed by atoms with Gasteiger partial charge in [0.15, 0.2) is 0 Å². The Morgan fingerprint density at radius 1 is 1.07 bits per heavy atom. The lowest BCUT2D eigenvalue weighted by Gasteiger charge is -2.33. The van der Waals surface area contributed by atoms with E-state index < -0.39 is 39.9 Å². The largest absolute Gasteiger partial charge is 0.488 e. The molecule has 46 heavy (non-hydrogen) atoms. The van der Waals surface area contributed by atoms with Crippen LogP contribution in [0.5, 0.6) is 5.75 Å². The second-order valence-electron chi connectivity index (χ2n) is 11.5. The molecule has 0 radical (unpaired) electrons. The second-order valence-corrected chi connectivity index (χ2v) is 13.5. The molecule has 1 aliphatic rings. The molecular formula is C32H37F3N4O6S. The molecule has 1 heterocycles. The number of alkyl halides is 3. The summed E-state index contributed by atoms with van der Waals surface area (Å²) in [7, 11) is -2.41. The number of nitrogens with zero attached hydrogens (tertiary/aromatic N) is 2. The van der Waals surface area contributed by atoms with Crippen molar-refractivity contribution in [2.45, 2.75) is 50.4 Å². The number of aryl methyl sites for hydroxylation is 1. The highest BCUT2D eigenvalue weighted by Gasteiger charge is 2.34. The van der Waals surface area contributed by atoms with E-state index in [1.807, 2.05) is 13.8 Å². The molecule has 10 nitrogen and oxygen atoms in total. The number of likely N-dealkylation sites (N-methyl/N-ethyl adjacent to an activating group) is 1. The Bertz CT molecular complexity index is 1650. The number of rotatable bonds is 8. The minimum atomic E-state index is -4.51. The van der Waals surface area contributed by atoms with Crippen molar-refractivity contribution in [3.63, 3.8) is 0 Å². The molecule has 3 aromatic carbocycles. The number of amides is 3. The van der Waals surface area contributed by atoms with Crippen molar-refractivity contribution in [1.29, 1.82) is 0 Å². The lowest BCUT2D eigenvalue weighted by atomic mass is 10.0. The highest BCUT2D eigenvalue weighted by Crippen LogP contribution is 2.31. The van der Waals surface area contributed by atoms with E-state index in [9.17, 15) is 36.3 Å². The Morgan fingerprint density at radius 2 is 1.67 bits per heavy atom. The average Bonchev–Trinajstić information content (AvgIpc) is 3.04. The molecule has 0 aromatic heterocycles. The molecular weight excluding hydrogens is 625 g/mol. The number of hydrogen-bond donors (Lipinski definition) is 3. The molecule has 4 rings (SSSR count). The Hall–Kier alpha value is -4.14. The van der Waals surface area contributed by atoms with Crippen LogP contribution in [0.15, 0.2) is 71.6 Å². The Labute approximate surface area is 266 Å². The number of benzene rings is 3. The minimum Gasteiger partial charge on any atom is -0.488 e. The van der Waals surface area contributed by atoms with Crippen LogP contribution in [0.4, 0.5) is 29.3 Å². The minimum absolute atomic E-state index is 0.0398. The molecule has 3 N–H and O–H groups in total. The third-order valence-electron chi connectivity index (χ3n) is 7.81. The number of carbonyl (C=O) groups is 2. The number of nitrogens with one attached hydrogen (secondary N) is 2. The van der Waals surface area contributed by atoms with Gasteiger partial charge in [0, 0.05) is 36.4 Å². The number of ether oxygens (including phenoxy) is 1. The smallest absolute Gasteiger partial charge is 0.416 e. The predicted molar refractivity (Wildman–Crippen MR) is 167 cm³/mol. The summed E-state index contributed by atoms with van der Waals surface area (Å²) in [6.07, 6.45) is -5.34. The van der Waals surface area contributed by atoms with E-state index in [1.165, 1.54) is 34.5 Å². The van der Waals surface area contributed by atoms with Crippen LogP contribution >= 0.6 is 0 Å². The van der Waals surface area contributed by atoms with Gasteiger partial charge < -0.3 is 25.4 Å². The fraction of sp³-hybridized carbons (Fsp3) is 0.375. The van der Waals surface area contributed by atoms with E-state index in [-0.39, 0.29) is 54.2 Å². The van der Waals surface area contributed by atoms with E-state index in [0.717, 1.165) is 29.8 Å². The fourth-order valence-corrected chi connectivity index (χ4v) is 6.19. The Kier molecular flexibility index (Phi) is 10.6. The average molecular weight is 663 g/mol. The zero-order valence-electron chi connectivity index (χ0n) is 25.8. The first kappa shape index (κ1) is 34.7. The van der Waals surface area contributed by atoms with Crippen LogP contribution in [0.1, 0.15) is 30.5 Å². The van der Waals surface area contributed by atoms with Crippen LogP contribution in [0.2, 0.25) is 0 Å². The molecule has 248 valence electrons. The van der Waals surface area contributed by atoms with Gasteiger partial charge in [0.25, 0.3) is 0 Å².